The molecule has 84 valence electrons. The van der Waals surface area contributed by atoms with Gasteiger partial charge < -0.3 is 0 Å². The molecule has 0 N–H and O–H groups in total. The fourth-order valence-electron chi connectivity index (χ4n) is 2.02. The number of ketones is 1. The van der Waals surface area contributed by atoms with Gasteiger partial charge in [0.1, 0.15) is 11.6 Å². The fraction of sp³-hybridized carbons (Fsp3) is 0.417. The number of Topliss-reactive ketones (excluding diaryl/α,β-unsaturated/α-hetero) is 1. The molecule has 1 aromatic carbocycles. The van der Waals surface area contributed by atoms with E-state index in [1.165, 1.54) is 0 Å². The van der Waals surface area contributed by atoms with Crippen molar-refractivity contribution in [2.75, 3.05) is 0 Å². The minimum absolute atomic E-state index is 0.116. The summed E-state index contributed by atoms with van der Waals surface area (Å²) in [5, 5.41) is 8.15. The van der Waals surface area contributed by atoms with Crippen LogP contribution in [0.5, 0.6) is 0 Å². The van der Waals surface area contributed by atoms with Crippen LogP contribution in [0.15, 0.2) is 24.3 Å². The van der Waals surface area contributed by atoms with Crippen molar-refractivity contribution >= 4 is 16.8 Å². The van der Waals surface area contributed by atoms with Crippen LogP contribution < -0.4 is 0 Å². The summed E-state index contributed by atoms with van der Waals surface area (Å²) < 4.78 is 1.72. The average Bonchev–Trinajstić information content (AvgIpc) is 2.61. The molecule has 1 heterocycles. The minimum atomic E-state index is -0.229. The number of carbonyl (C=O) groups excluding carboxylic acids is 1. The lowest BCUT2D eigenvalue weighted by Crippen LogP contribution is -2.23. The summed E-state index contributed by atoms with van der Waals surface area (Å²) in [5.74, 6) is 0.327. The average molecular weight is 217 g/mol. The molecule has 0 aliphatic carbocycles. The number of fused-ring (bicyclic) bond motifs is 1. The van der Waals surface area contributed by atoms with E-state index >= 15 is 0 Å². The zero-order chi connectivity index (χ0) is 11.7. The Morgan fingerprint density at radius 1 is 1.31 bits per heavy atom. The third-order valence-electron chi connectivity index (χ3n) is 2.69. The normalized spacial score (nSPS) is 13.2. The molecule has 0 saturated heterocycles. The van der Waals surface area contributed by atoms with Gasteiger partial charge in [-0.25, -0.2) is 4.68 Å². The second-order valence-electron chi connectivity index (χ2n) is 4.32. The smallest absolute Gasteiger partial charge is 0.154 e. The first-order chi connectivity index (χ1) is 7.61. The van der Waals surface area contributed by atoms with Crippen molar-refractivity contribution in [1.82, 2.24) is 15.0 Å². The number of hydrogen-bond donors (Lipinski definition) is 0. The summed E-state index contributed by atoms with van der Waals surface area (Å²) in [6.07, 6.45) is 0. The predicted octanol–water partition coefficient (Wildman–Crippen LogP) is 2.22. The van der Waals surface area contributed by atoms with Crippen LogP contribution >= 0.6 is 0 Å². The first-order valence-corrected chi connectivity index (χ1v) is 5.41. The summed E-state index contributed by atoms with van der Waals surface area (Å²) in [7, 11) is 0. The number of rotatable bonds is 3. The van der Waals surface area contributed by atoms with Gasteiger partial charge >= 0.3 is 0 Å². The number of aromatic nitrogens is 3. The Labute approximate surface area is 94.3 Å². The lowest BCUT2D eigenvalue weighted by molar-refractivity contribution is -0.121. The molecule has 1 atom stereocenters. The summed E-state index contributed by atoms with van der Waals surface area (Å²) in [6.45, 7) is 5.63. The quantitative estimate of drug-likeness (QED) is 0.792. The first kappa shape index (κ1) is 10.8. The van der Waals surface area contributed by atoms with E-state index in [1.54, 1.807) is 11.6 Å². The van der Waals surface area contributed by atoms with Crippen molar-refractivity contribution in [2.24, 2.45) is 5.92 Å². The van der Waals surface area contributed by atoms with Crippen LogP contribution in [0.1, 0.15) is 26.8 Å². The van der Waals surface area contributed by atoms with Gasteiger partial charge in [-0.2, -0.15) is 0 Å². The van der Waals surface area contributed by atoms with E-state index in [4.69, 9.17) is 0 Å². The van der Waals surface area contributed by atoms with Gasteiger partial charge in [-0.1, -0.05) is 31.2 Å². The second-order valence-corrected chi connectivity index (χ2v) is 4.32. The predicted molar refractivity (Wildman–Crippen MR) is 62.1 cm³/mol. The van der Waals surface area contributed by atoms with Gasteiger partial charge in [-0.3, -0.25) is 4.79 Å². The second kappa shape index (κ2) is 4.04. The number of para-hydroxylation sites is 1. The molecule has 0 aliphatic heterocycles. The Morgan fingerprint density at radius 3 is 2.62 bits per heavy atom. The third-order valence-corrected chi connectivity index (χ3v) is 2.69. The van der Waals surface area contributed by atoms with Gasteiger partial charge in [0.25, 0.3) is 0 Å². The molecule has 0 saturated carbocycles. The summed E-state index contributed by atoms with van der Waals surface area (Å²) in [6, 6.07) is 7.45. The zero-order valence-electron chi connectivity index (χ0n) is 9.71. The summed E-state index contributed by atoms with van der Waals surface area (Å²) >= 11 is 0. The van der Waals surface area contributed by atoms with Gasteiger partial charge in [0, 0.05) is 0 Å². The minimum Gasteiger partial charge on any atom is -0.298 e. The summed E-state index contributed by atoms with van der Waals surface area (Å²) in [5.41, 5.74) is 1.74. The topological polar surface area (TPSA) is 47.8 Å². The molecule has 0 spiro atoms. The molecule has 0 fully saturated rings. The first-order valence-electron chi connectivity index (χ1n) is 5.41. The van der Waals surface area contributed by atoms with Crippen LogP contribution in [0.2, 0.25) is 0 Å². The van der Waals surface area contributed by atoms with Crippen molar-refractivity contribution in [1.29, 1.82) is 0 Å². The molecule has 2 rings (SSSR count). The molecule has 1 unspecified atom stereocenters. The van der Waals surface area contributed by atoms with E-state index in [1.807, 2.05) is 38.1 Å². The van der Waals surface area contributed by atoms with Gasteiger partial charge in [0.05, 0.1) is 5.52 Å². The van der Waals surface area contributed by atoms with Gasteiger partial charge in [0.15, 0.2) is 5.78 Å². The molecule has 1 aromatic heterocycles. The number of hydrogen-bond acceptors (Lipinski definition) is 3. The monoisotopic (exact) mass is 217 g/mol. The van der Waals surface area contributed by atoms with Crippen molar-refractivity contribution in [2.45, 2.75) is 26.8 Å². The molecule has 4 nitrogen and oxygen atoms in total. The van der Waals surface area contributed by atoms with Crippen LogP contribution in [-0.2, 0) is 4.79 Å². The number of carbonyl (C=O) groups is 1. The Hall–Kier alpha value is -1.71. The highest BCUT2D eigenvalue weighted by atomic mass is 16.1. The van der Waals surface area contributed by atoms with Crippen molar-refractivity contribution in [3.63, 3.8) is 0 Å². The Morgan fingerprint density at radius 2 is 2.00 bits per heavy atom. The van der Waals surface area contributed by atoms with Crippen molar-refractivity contribution < 1.29 is 4.79 Å². The van der Waals surface area contributed by atoms with Crippen LogP contribution in [0, 0.1) is 5.92 Å². The fourth-order valence-corrected chi connectivity index (χ4v) is 2.02. The lowest BCUT2D eigenvalue weighted by atomic mass is 10.0. The molecule has 2 aromatic rings. The maximum absolute atomic E-state index is 11.6. The van der Waals surface area contributed by atoms with Crippen LogP contribution in [0.25, 0.3) is 11.0 Å². The van der Waals surface area contributed by atoms with E-state index in [0.717, 1.165) is 11.0 Å². The van der Waals surface area contributed by atoms with Gasteiger partial charge in [-0.15, -0.1) is 5.10 Å². The molecule has 4 heteroatoms. The van der Waals surface area contributed by atoms with E-state index in [2.05, 4.69) is 10.3 Å². The maximum atomic E-state index is 11.6. The molecular formula is C12H15N3O. The number of nitrogens with zero attached hydrogens (tertiary/aromatic N) is 3. The van der Waals surface area contributed by atoms with E-state index < -0.39 is 0 Å². The molecule has 0 amide bonds. The molecule has 16 heavy (non-hydrogen) atoms. The Kier molecular flexibility index (Phi) is 2.73. The molecular weight excluding hydrogens is 202 g/mol. The zero-order valence-corrected chi connectivity index (χ0v) is 9.71. The lowest BCUT2D eigenvalue weighted by Gasteiger charge is -2.18. The Balaban J connectivity index is 2.57. The molecule has 0 aliphatic rings. The van der Waals surface area contributed by atoms with Gasteiger partial charge in [0.2, 0.25) is 0 Å². The number of benzene rings is 1. The summed E-state index contributed by atoms with van der Waals surface area (Å²) in [4.78, 5) is 11.6. The largest absolute Gasteiger partial charge is 0.298 e. The standard InChI is InChI=1S/C12H15N3O/c1-8(2)12(9(3)16)15-11-7-5-4-6-10(11)13-14-15/h4-8,12H,1-3H3. The van der Waals surface area contributed by atoms with Crippen molar-refractivity contribution in [3.05, 3.63) is 24.3 Å². The molecule has 0 bridgehead atoms. The van der Waals surface area contributed by atoms with Crippen molar-refractivity contribution in [3.8, 4) is 0 Å². The maximum Gasteiger partial charge on any atom is 0.154 e. The van der Waals surface area contributed by atoms with Crippen LogP contribution in [0.3, 0.4) is 0 Å². The van der Waals surface area contributed by atoms with Crippen LogP contribution in [0.4, 0.5) is 0 Å². The third kappa shape index (κ3) is 1.71. The SMILES string of the molecule is CC(=O)C(C(C)C)n1nnc2ccccc21. The highest BCUT2D eigenvalue weighted by molar-refractivity contribution is 5.83. The van der Waals surface area contributed by atoms with E-state index in [0.29, 0.717) is 0 Å². The van der Waals surface area contributed by atoms with E-state index in [-0.39, 0.29) is 17.7 Å². The highest BCUT2D eigenvalue weighted by Crippen LogP contribution is 2.22. The van der Waals surface area contributed by atoms with Crippen LogP contribution in [-0.4, -0.2) is 20.8 Å². The Bertz CT molecular complexity index is 516. The van der Waals surface area contributed by atoms with E-state index in [9.17, 15) is 4.79 Å². The highest BCUT2D eigenvalue weighted by Gasteiger charge is 2.23. The molecule has 0 radical (unpaired) electrons. The van der Waals surface area contributed by atoms with Gasteiger partial charge in [-0.05, 0) is 25.0 Å².